The van der Waals surface area contributed by atoms with Crippen LogP contribution in [-0.4, -0.2) is 16.0 Å². The third-order valence-corrected chi connectivity index (χ3v) is 6.54. The van der Waals surface area contributed by atoms with Crippen LogP contribution >= 0.6 is 11.3 Å². The van der Waals surface area contributed by atoms with Crippen LogP contribution in [0.5, 0.6) is 0 Å². The maximum atomic E-state index is 12.7. The third-order valence-electron chi connectivity index (χ3n) is 5.33. The van der Waals surface area contributed by atoms with Gasteiger partial charge >= 0.3 is 0 Å². The molecule has 5 rings (SSSR count). The third kappa shape index (κ3) is 2.82. The Hall–Kier alpha value is -1.95. The minimum Gasteiger partial charge on any atom is -0.334 e. The lowest BCUT2D eigenvalue weighted by molar-refractivity contribution is -0.113. The van der Waals surface area contributed by atoms with Crippen molar-refractivity contribution in [1.82, 2.24) is 10.1 Å². The lowest BCUT2D eigenvalue weighted by Gasteiger charge is -2.12. The maximum absolute atomic E-state index is 12.7. The van der Waals surface area contributed by atoms with Crippen molar-refractivity contribution >= 4 is 22.2 Å². The number of fused-ring (bicyclic) bond motifs is 1. The number of amides is 1. The second kappa shape index (κ2) is 6.09. The number of aryl methyl sites for hydroxylation is 1. The summed E-state index contributed by atoms with van der Waals surface area (Å²) in [4.78, 5) is 18.7. The normalized spacial score (nSPS) is 19.6. The van der Waals surface area contributed by atoms with Crippen LogP contribution in [0.15, 0.2) is 16.2 Å². The first-order chi connectivity index (χ1) is 12.3. The highest BCUT2D eigenvalue weighted by Gasteiger charge is 2.32. The Morgan fingerprint density at radius 2 is 2.12 bits per heavy atom. The molecule has 2 aromatic heterocycles. The zero-order chi connectivity index (χ0) is 16.8. The summed E-state index contributed by atoms with van der Waals surface area (Å²) in [6, 6.07) is 0. The van der Waals surface area contributed by atoms with Crippen molar-refractivity contribution in [2.75, 3.05) is 5.32 Å². The minimum absolute atomic E-state index is 0.0304. The molecule has 3 aliphatic rings. The predicted molar refractivity (Wildman–Crippen MR) is 96.8 cm³/mol. The van der Waals surface area contributed by atoms with Gasteiger partial charge in [0.25, 0.3) is 11.8 Å². The number of anilines is 1. The van der Waals surface area contributed by atoms with Gasteiger partial charge < -0.3 is 9.84 Å². The van der Waals surface area contributed by atoms with Gasteiger partial charge in [-0.2, -0.15) is 4.98 Å². The highest BCUT2D eigenvalue weighted by molar-refractivity contribution is 7.17. The number of nitrogens with zero attached hydrogens (tertiary/aromatic N) is 2. The van der Waals surface area contributed by atoms with E-state index in [1.807, 2.05) is 0 Å². The van der Waals surface area contributed by atoms with Crippen LogP contribution in [0.2, 0.25) is 0 Å². The van der Waals surface area contributed by atoms with Gasteiger partial charge in [-0.05, 0) is 63.4 Å². The van der Waals surface area contributed by atoms with Crippen molar-refractivity contribution in [1.29, 1.82) is 0 Å². The second-order valence-corrected chi connectivity index (χ2v) is 8.33. The molecule has 5 nitrogen and oxygen atoms in total. The largest absolute Gasteiger partial charge is 0.334 e. The predicted octanol–water partition coefficient (Wildman–Crippen LogP) is 4.60. The van der Waals surface area contributed by atoms with Crippen LogP contribution < -0.4 is 5.32 Å². The summed E-state index contributed by atoms with van der Waals surface area (Å²) < 4.78 is 5.58. The molecule has 0 bridgehead atoms. The zero-order valence-corrected chi connectivity index (χ0v) is 15.0. The molecule has 2 heterocycles. The van der Waals surface area contributed by atoms with Gasteiger partial charge in [0.2, 0.25) is 0 Å². The average molecular weight is 355 g/mol. The molecule has 0 aliphatic heterocycles. The fourth-order valence-corrected chi connectivity index (χ4v) is 5.07. The van der Waals surface area contributed by atoms with Gasteiger partial charge in [0, 0.05) is 16.4 Å². The van der Waals surface area contributed by atoms with E-state index in [4.69, 9.17) is 4.52 Å². The molecule has 1 fully saturated rings. The topological polar surface area (TPSA) is 68.0 Å². The van der Waals surface area contributed by atoms with E-state index in [9.17, 15) is 4.79 Å². The Morgan fingerprint density at radius 3 is 2.92 bits per heavy atom. The van der Waals surface area contributed by atoms with Gasteiger partial charge in [0.05, 0.1) is 5.56 Å². The Balaban J connectivity index is 1.48. The molecule has 2 aromatic rings. The Kier molecular flexibility index (Phi) is 3.73. The fourth-order valence-electron chi connectivity index (χ4n) is 3.79. The van der Waals surface area contributed by atoms with Gasteiger partial charge in [-0.15, -0.1) is 11.3 Å². The van der Waals surface area contributed by atoms with E-state index in [0.717, 1.165) is 73.3 Å². The zero-order valence-electron chi connectivity index (χ0n) is 14.1. The van der Waals surface area contributed by atoms with Gasteiger partial charge in [-0.3, -0.25) is 4.79 Å². The molecule has 1 N–H and O–H groups in total. The van der Waals surface area contributed by atoms with E-state index in [2.05, 4.69) is 21.5 Å². The van der Waals surface area contributed by atoms with E-state index in [0.29, 0.717) is 11.8 Å². The van der Waals surface area contributed by atoms with Crippen molar-refractivity contribution in [2.24, 2.45) is 0 Å². The van der Waals surface area contributed by atoms with Crippen LogP contribution in [0.1, 0.15) is 67.1 Å². The first kappa shape index (κ1) is 15.3. The molecule has 0 atom stereocenters. The van der Waals surface area contributed by atoms with Crippen molar-refractivity contribution in [3.63, 3.8) is 0 Å². The smallest absolute Gasteiger partial charge is 0.261 e. The second-order valence-electron chi connectivity index (χ2n) is 7.22. The number of carbonyl (C=O) groups excluding carboxylic acids is 1. The molecular formula is C19H21N3O2S. The Bertz CT molecular complexity index is 860. The molecule has 0 radical (unpaired) electrons. The van der Waals surface area contributed by atoms with Gasteiger partial charge in [0.15, 0.2) is 5.82 Å². The quantitative estimate of drug-likeness (QED) is 0.870. The van der Waals surface area contributed by atoms with Crippen molar-refractivity contribution < 1.29 is 9.32 Å². The number of hydrogen-bond donors (Lipinski definition) is 1. The number of rotatable bonds is 4. The van der Waals surface area contributed by atoms with Crippen LogP contribution in [0.3, 0.4) is 0 Å². The summed E-state index contributed by atoms with van der Waals surface area (Å²) in [5.74, 6) is 1.90. The standard InChI is InChI=1S/C19H21N3O2S/c23-17(12-5-2-1-3-6-12)21-19-15(13-7-4-8-14(13)25-19)18-20-16(22-24-18)11-9-10-11/h5,11H,1-4,6-10H2,(H,21,23). The molecule has 6 heteroatoms. The number of aromatic nitrogens is 2. The van der Waals surface area contributed by atoms with Crippen molar-refractivity contribution in [2.45, 2.75) is 63.7 Å². The van der Waals surface area contributed by atoms with Crippen LogP contribution in [0.4, 0.5) is 5.00 Å². The summed E-state index contributed by atoms with van der Waals surface area (Å²) in [6.45, 7) is 0. The number of thiophene rings is 1. The highest BCUT2D eigenvalue weighted by atomic mass is 32.1. The first-order valence-electron chi connectivity index (χ1n) is 9.28. The first-order valence-corrected chi connectivity index (χ1v) is 10.1. The summed E-state index contributed by atoms with van der Waals surface area (Å²) in [6.07, 6.45) is 11.8. The van der Waals surface area contributed by atoms with E-state index >= 15 is 0 Å². The number of nitrogens with one attached hydrogen (secondary N) is 1. The van der Waals surface area contributed by atoms with Gasteiger partial charge in [-0.25, -0.2) is 0 Å². The molecule has 0 unspecified atom stereocenters. The van der Waals surface area contributed by atoms with Crippen molar-refractivity contribution in [3.05, 3.63) is 27.9 Å². The maximum Gasteiger partial charge on any atom is 0.261 e. The molecular weight excluding hydrogens is 334 g/mol. The number of allylic oxidation sites excluding steroid dienone is 1. The molecule has 1 amide bonds. The van der Waals surface area contributed by atoms with Gasteiger partial charge in [-0.1, -0.05) is 11.2 Å². The SMILES string of the molecule is O=C(Nc1sc2c(c1-c1nc(C3CC3)no1)CCC2)C1=CCCCC1. The molecule has 1 saturated carbocycles. The molecule has 130 valence electrons. The molecule has 0 aromatic carbocycles. The number of hydrogen-bond acceptors (Lipinski definition) is 5. The summed E-state index contributed by atoms with van der Waals surface area (Å²) in [5, 5.41) is 8.19. The minimum atomic E-state index is 0.0304. The summed E-state index contributed by atoms with van der Waals surface area (Å²) in [5.41, 5.74) is 3.18. The van der Waals surface area contributed by atoms with E-state index in [1.54, 1.807) is 11.3 Å². The van der Waals surface area contributed by atoms with E-state index < -0.39 is 0 Å². The molecule has 0 saturated heterocycles. The number of carbonyl (C=O) groups is 1. The Morgan fingerprint density at radius 1 is 1.20 bits per heavy atom. The highest BCUT2D eigenvalue weighted by Crippen LogP contribution is 2.46. The average Bonchev–Trinajstić information content (AvgIpc) is 3.04. The summed E-state index contributed by atoms with van der Waals surface area (Å²) >= 11 is 1.68. The fraction of sp³-hybridized carbons (Fsp3) is 0.526. The van der Waals surface area contributed by atoms with Crippen LogP contribution in [0, 0.1) is 0 Å². The monoisotopic (exact) mass is 355 g/mol. The van der Waals surface area contributed by atoms with E-state index in [-0.39, 0.29) is 5.91 Å². The summed E-state index contributed by atoms with van der Waals surface area (Å²) in [7, 11) is 0. The van der Waals surface area contributed by atoms with E-state index in [1.165, 1.54) is 16.9 Å². The lowest BCUT2D eigenvalue weighted by atomic mass is 9.99. The van der Waals surface area contributed by atoms with Crippen LogP contribution in [0.25, 0.3) is 11.5 Å². The molecule has 25 heavy (non-hydrogen) atoms. The van der Waals surface area contributed by atoms with Gasteiger partial charge in [0.1, 0.15) is 5.00 Å². The van der Waals surface area contributed by atoms with Crippen LogP contribution in [-0.2, 0) is 17.6 Å². The Labute approximate surface area is 150 Å². The molecule has 0 spiro atoms. The molecule has 3 aliphatic carbocycles. The lowest BCUT2D eigenvalue weighted by Crippen LogP contribution is -2.15. The van der Waals surface area contributed by atoms with Crippen molar-refractivity contribution in [3.8, 4) is 11.5 Å².